The molecule has 38 heavy (non-hydrogen) atoms. The SMILES string of the molecule is CCCN1C(=O)[C@@H]([C@H](O)C2CCCCC2)NC(=O)C12CCN(Cc1c(C)nn(C3CCCCC3)c1C)CC2. The highest BCUT2D eigenvalue weighted by molar-refractivity contribution is 6.00. The summed E-state index contributed by atoms with van der Waals surface area (Å²) in [6.45, 7) is 9.34. The predicted molar refractivity (Wildman–Crippen MR) is 148 cm³/mol. The van der Waals surface area contributed by atoms with E-state index in [0.29, 0.717) is 25.4 Å². The highest BCUT2D eigenvalue weighted by Crippen LogP contribution is 2.37. The highest BCUT2D eigenvalue weighted by Gasteiger charge is 2.55. The van der Waals surface area contributed by atoms with Crippen molar-refractivity contribution in [3.8, 4) is 0 Å². The maximum Gasteiger partial charge on any atom is 0.248 e. The summed E-state index contributed by atoms with van der Waals surface area (Å²) in [4.78, 5) is 31.7. The van der Waals surface area contributed by atoms with Crippen molar-refractivity contribution in [2.24, 2.45) is 5.92 Å². The molecule has 3 heterocycles. The third-order valence-electron chi connectivity index (χ3n) is 10.1. The van der Waals surface area contributed by atoms with Gasteiger partial charge in [-0.25, -0.2) is 0 Å². The van der Waals surface area contributed by atoms with Crippen LogP contribution in [0.3, 0.4) is 0 Å². The lowest BCUT2D eigenvalue weighted by Crippen LogP contribution is -2.75. The molecule has 1 aromatic rings. The molecule has 8 nitrogen and oxygen atoms in total. The second-order valence-electron chi connectivity index (χ2n) is 12.5. The van der Waals surface area contributed by atoms with Gasteiger partial charge in [0.1, 0.15) is 11.6 Å². The molecular weight excluding hydrogens is 478 g/mol. The molecule has 8 heteroatoms. The number of carbonyl (C=O) groups excluding carboxylic acids is 2. The van der Waals surface area contributed by atoms with E-state index in [2.05, 4.69) is 35.7 Å². The summed E-state index contributed by atoms with van der Waals surface area (Å²) in [7, 11) is 0. The minimum absolute atomic E-state index is 0.0671. The Balaban J connectivity index is 1.27. The van der Waals surface area contributed by atoms with Crippen LogP contribution in [0.4, 0.5) is 0 Å². The molecule has 1 spiro atoms. The lowest BCUT2D eigenvalue weighted by atomic mass is 9.78. The third-order valence-corrected chi connectivity index (χ3v) is 10.1. The Morgan fingerprint density at radius 1 is 1.00 bits per heavy atom. The number of aliphatic hydroxyl groups is 1. The summed E-state index contributed by atoms with van der Waals surface area (Å²) in [5, 5.41) is 19.1. The number of nitrogens with zero attached hydrogens (tertiary/aromatic N) is 4. The van der Waals surface area contributed by atoms with E-state index >= 15 is 0 Å². The van der Waals surface area contributed by atoms with Crippen molar-refractivity contribution < 1.29 is 14.7 Å². The minimum atomic E-state index is -0.809. The van der Waals surface area contributed by atoms with Gasteiger partial charge >= 0.3 is 0 Å². The average molecular weight is 528 g/mol. The van der Waals surface area contributed by atoms with Crippen LogP contribution in [0.15, 0.2) is 0 Å². The molecule has 4 aliphatic rings. The summed E-state index contributed by atoms with van der Waals surface area (Å²) in [5.74, 6) is -0.0562. The van der Waals surface area contributed by atoms with Crippen molar-refractivity contribution in [1.29, 1.82) is 0 Å². The van der Waals surface area contributed by atoms with Gasteiger partial charge < -0.3 is 15.3 Å². The zero-order chi connectivity index (χ0) is 26.9. The van der Waals surface area contributed by atoms with Crippen molar-refractivity contribution in [1.82, 2.24) is 24.9 Å². The van der Waals surface area contributed by atoms with Gasteiger partial charge in [-0.3, -0.25) is 19.2 Å². The molecule has 2 saturated carbocycles. The fourth-order valence-electron chi connectivity index (χ4n) is 7.77. The number of hydrogen-bond donors (Lipinski definition) is 2. The summed E-state index contributed by atoms with van der Waals surface area (Å²) in [5.41, 5.74) is 2.92. The van der Waals surface area contributed by atoms with Gasteiger partial charge in [0.05, 0.1) is 17.8 Å². The number of rotatable bonds is 7. The van der Waals surface area contributed by atoms with Crippen LogP contribution in [-0.4, -0.2) is 73.8 Å². The van der Waals surface area contributed by atoms with E-state index in [1.165, 1.54) is 49.8 Å². The molecule has 212 valence electrons. The minimum Gasteiger partial charge on any atom is -0.390 e. The van der Waals surface area contributed by atoms with E-state index in [9.17, 15) is 14.7 Å². The first-order valence-corrected chi connectivity index (χ1v) is 15.4. The monoisotopic (exact) mass is 527 g/mol. The lowest BCUT2D eigenvalue weighted by molar-refractivity contribution is -0.165. The Morgan fingerprint density at radius 2 is 1.63 bits per heavy atom. The topological polar surface area (TPSA) is 90.7 Å². The lowest BCUT2D eigenvalue weighted by Gasteiger charge is -2.52. The van der Waals surface area contributed by atoms with Gasteiger partial charge in [-0.05, 0) is 64.7 Å². The molecule has 2 aliphatic heterocycles. The maximum atomic E-state index is 13.8. The number of aromatic nitrogens is 2. The van der Waals surface area contributed by atoms with E-state index in [-0.39, 0.29) is 17.7 Å². The molecule has 5 rings (SSSR count). The number of likely N-dealkylation sites (tertiary alicyclic amines) is 1. The van der Waals surface area contributed by atoms with Crippen LogP contribution >= 0.6 is 0 Å². The molecule has 0 unspecified atom stereocenters. The van der Waals surface area contributed by atoms with Crippen LogP contribution in [0.5, 0.6) is 0 Å². The van der Waals surface area contributed by atoms with Gasteiger partial charge in [-0.15, -0.1) is 0 Å². The second kappa shape index (κ2) is 11.7. The van der Waals surface area contributed by atoms with Gasteiger partial charge in [-0.2, -0.15) is 5.10 Å². The number of piperidine rings is 1. The van der Waals surface area contributed by atoms with Crippen LogP contribution < -0.4 is 5.32 Å². The second-order valence-corrected chi connectivity index (χ2v) is 12.5. The summed E-state index contributed by atoms with van der Waals surface area (Å²) in [6.07, 6.45) is 12.9. The van der Waals surface area contributed by atoms with Crippen molar-refractivity contribution in [3.05, 3.63) is 17.0 Å². The molecule has 1 aromatic heterocycles. The van der Waals surface area contributed by atoms with Gasteiger partial charge in [0.25, 0.3) is 0 Å². The fourth-order valence-corrected chi connectivity index (χ4v) is 7.77. The summed E-state index contributed by atoms with van der Waals surface area (Å²) >= 11 is 0. The average Bonchev–Trinajstić information content (AvgIpc) is 3.23. The number of hydrogen-bond acceptors (Lipinski definition) is 5. The molecule has 0 bridgehead atoms. The van der Waals surface area contributed by atoms with Crippen molar-refractivity contribution in [2.45, 2.75) is 135 Å². The van der Waals surface area contributed by atoms with Crippen molar-refractivity contribution in [2.75, 3.05) is 19.6 Å². The summed E-state index contributed by atoms with van der Waals surface area (Å²) in [6, 6.07) is -0.283. The molecule has 2 atom stereocenters. The van der Waals surface area contributed by atoms with E-state index in [1.54, 1.807) is 0 Å². The van der Waals surface area contributed by atoms with Gasteiger partial charge in [0.15, 0.2) is 0 Å². The van der Waals surface area contributed by atoms with Crippen LogP contribution in [-0.2, 0) is 16.1 Å². The first-order chi connectivity index (χ1) is 18.4. The van der Waals surface area contributed by atoms with E-state index in [0.717, 1.165) is 57.4 Å². The van der Waals surface area contributed by atoms with E-state index in [1.807, 2.05) is 4.90 Å². The Bertz CT molecular complexity index is 986. The zero-order valence-corrected chi connectivity index (χ0v) is 23.9. The predicted octanol–water partition coefficient (Wildman–Crippen LogP) is 4.02. The Labute approximate surface area is 228 Å². The largest absolute Gasteiger partial charge is 0.390 e. The Kier molecular flexibility index (Phi) is 8.48. The zero-order valence-electron chi connectivity index (χ0n) is 23.9. The number of nitrogens with one attached hydrogen (secondary N) is 1. The van der Waals surface area contributed by atoms with E-state index in [4.69, 9.17) is 5.10 Å². The Morgan fingerprint density at radius 3 is 2.26 bits per heavy atom. The molecule has 0 aromatic carbocycles. The normalized spacial score (nSPS) is 26.6. The Hall–Kier alpha value is -1.93. The molecule has 4 fully saturated rings. The van der Waals surface area contributed by atoms with Crippen LogP contribution in [0, 0.1) is 19.8 Å². The molecule has 2 amide bonds. The van der Waals surface area contributed by atoms with E-state index < -0.39 is 17.7 Å². The first-order valence-electron chi connectivity index (χ1n) is 15.4. The number of amides is 2. The van der Waals surface area contributed by atoms with Gasteiger partial charge in [0.2, 0.25) is 11.8 Å². The van der Waals surface area contributed by atoms with Crippen LogP contribution in [0.25, 0.3) is 0 Å². The van der Waals surface area contributed by atoms with Crippen molar-refractivity contribution in [3.63, 3.8) is 0 Å². The van der Waals surface area contributed by atoms with Gasteiger partial charge in [-0.1, -0.05) is 45.4 Å². The number of piperazine rings is 1. The highest BCUT2D eigenvalue weighted by atomic mass is 16.3. The number of aliphatic hydroxyl groups excluding tert-OH is 1. The summed E-state index contributed by atoms with van der Waals surface area (Å²) < 4.78 is 2.28. The quantitative estimate of drug-likeness (QED) is 0.559. The van der Waals surface area contributed by atoms with Crippen LogP contribution in [0.2, 0.25) is 0 Å². The van der Waals surface area contributed by atoms with Gasteiger partial charge in [0, 0.05) is 37.4 Å². The number of aryl methyl sites for hydroxylation is 1. The first kappa shape index (κ1) is 27.6. The standard InChI is InChI=1S/C30H49N5O3/c1-4-17-34-28(37)26(27(36)23-11-7-5-8-12-23)31-29(38)30(34)15-18-33(19-16-30)20-25-21(2)32-35(22(25)3)24-13-9-6-10-14-24/h23-24,26-27,36H,4-20H2,1-3H3,(H,31,38)/t26-,27-/m1/s1. The molecule has 2 saturated heterocycles. The maximum absolute atomic E-state index is 13.8. The van der Waals surface area contributed by atoms with Crippen molar-refractivity contribution >= 4 is 11.8 Å². The molecule has 2 N–H and O–H groups in total. The third kappa shape index (κ3) is 5.15. The number of carbonyl (C=O) groups is 2. The molecule has 0 radical (unpaired) electrons. The molecule has 2 aliphatic carbocycles. The van der Waals surface area contributed by atoms with Crippen LogP contribution in [0.1, 0.15) is 113 Å². The smallest absolute Gasteiger partial charge is 0.248 e. The molecular formula is C30H49N5O3. The fraction of sp³-hybridized carbons (Fsp3) is 0.833.